The van der Waals surface area contributed by atoms with Gasteiger partial charge < -0.3 is 19.7 Å². The molecule has 1 saturated heterocycles. The maximum Gasteiger partial charge on any atom is 0.193 e. The van der Waals surface area contributed by atoms with Crippen LogP contribution >= 0.6 is 0 Å². The van der Waals surface area contributed by atoms with Gasteiger partial charge in [0.1, 0.15) is 6.61 Å². The van der Waals surface area contributed by atoms with Crippen LogP contribution in [0.2, 0.25) is 0 Å². The lowest BCUT2D eigenvalue weighted by Crippen LogP contribution is -2.63. The number of fused-ring (bicyclic) bond motifs is 7. The van der Waals surface area contributed by atoms with Crippen molar-refractivity contribution in [3.8, 4) is 0 Å². The van der Waals surface area contributed by atoms with E-state index in [0.29, 0.717) is 12.8 Å². The van der Waals surface area contributed by atoms with Gasteiger partial charge in [0, 0.05) is 22.7 Å². The third-order valence-corrected chi connectivity index (χ3v) is 9.36. The first kappa shape index (κ1) is 21.5. The number of ketones is 2. The lowest BCUT2D eigenvalue weighted by atomic mass is 9.46. The van der Waals surface area contributed by atoms with Gasteiger partial charge in [-0.05, 0) is 49.7 Å². The molecule has 1 aliphatic heterocycles. The highest BCUT2D eigenvalue weighted by molar-refractivity contribution is 6.01. The van der Waals surface area contributed by atoms with Crippen LogP contribution in [0.1, 0.15) is 53.4 Å². The fourth-order valence-corrected chi connectivity index (χ4v) is 8.01. The Balaban J connectivity index is 1.57. The SMILES string of the molecule is CC(C)[C@@H]1O[C@@H]2C[C@H]3[C@@H]4CCC5=CC(=O)C=C[C@]5(C)[C@H]4[C@@H](O)C[C@]3(C)[C@]2(C(=O)CO)O1. The van der Waals surface area contributed by atoms with Gasteiger partial charge in [-0.1, -0.05) is 39.3 Å². The highest BCUT2D eigenvalue weighted by Gasteiger charge is 2.75. The van der Waals surface area contributed by atoms with Gasteiger partial charge >= 0.3 is 0 Å². The van der Waals surface area contributed by atoms with E-state index in [2.05, 4.69) is 13.8 Å². The van der Waals surface area contributed by atoms with E-state index in [0.717, 1.165) is 18.4 Å². The number of allylic oxidation sites excluding steroid dienone is 4. The number of carbonyl (C=O) groups is 2. The average Bonchev–Trinajstić information content (AvgIpc) is 3.21. The first-order valence-corrected chi connectivity index (χ1v) is 11.7. The molecule has 0 radical (unpaired) electrons. The predicted octanol–water partition coefficient (Wildman–Crippen LogP) is 2.57. The van der Waals surface area contributed by atoms with Crippen molar-refractivity contribution in [1.82, 2.24) is 0 Å². The maximum atomic E-state index is 13.2. The van der Waals surface area contributed by atoms with Crippen molar-refractivity contribution in [2.24, 2.45) is 34.5 Å². The maximum absolute atomic E-state index is 13.2. The van der Waals surface area contributed by atoms with Crippen molar-refractivity contribution < 1.29 is 29.3 Å². The van der Waals surface area contributed by atoms with Gasteiger partial charge in [-0.25, -0.2) is 0 Å². The molecule has 0 bridgehead atoms. The van der Waals surface area contributed by atoms with Gasteiger partial charge in [-0.2, -0.15) is 0 Å². The standard InChI is InChI=1S/C25H34O6/c1-13(2)22-30-20-10-17-16-6-5-14-9-15(27)7-8-23(14,3)21(16)18(28)11-24(17,4)25(20,31-22)19(29)12-26/h7-9,13,16-18,20-22,26,28H,5-6,10-12H2,1-4H3/t16-,17-,18-,20+,21+,22+,23-,24-,25+/m0/s1. The zero-order valence-electron chi connectivity index (χ0n) is 18.8. The Kier molecular flexibility index (Phi) is 4.74. The minimum atomic E-state index is -1.22. The van der Waals surface area contributed by atoms with Crippen LogP contribution in [0.3, 0.4) is 0 Å². The Morgan fingerprint density at radius 2 is 2.06 bits per heavy atom. The van der Waals surface area contributed by atoms with Crippen LogP contribution in [0.15, 0.2) is 23.8 Å². The van der Waals surface area contributed by atoms with Gasteiger partial charge in [0.2, 0.25) is 0 Å². The van der Waals surface area contributed by atoms with Crippen molar-refractivity contribution >= 4 is 11.6 Å². The number of rotatable bonds is 3. The van der Waals surface area contributed by atoms with Crippen LogP contribution in [-0.2, 0) is 19.1 Å². The highest BCUT2D eigenvalue weighted by Crippen LogP contribution is 2.69. The highest BCUT2D eigenvalue weighted by atomic mass is 16.7. The summed E-state index contributed by atoms with van der Waals surface area (Å²) in [4.78, 5) is 25.2. The molecule has 4 aliphatic carbocycles. The van der Waals surface area contributed by atoms with E-state index in [1.165, 1.54) is 0 Å². The summed E-state index contributed by atoms with van der Waals surface area (Å²) in [5.41, 5.74) is -1.09. The van der Waals surface area contributed by atoms with E-state index in [9.17, 15) is 19.8 Å². The summed E-state index contributed by atoms with van der Waals surface area (Å²) >= 11 is 0. The number of ether oxygens (including phenoxy) is 2. The zero-order valence-corrected chi connectivity index (χ0v) is 18.8. The first-order valence-electron chi connectivity index (χ1n) is 11.7. The number of Topliss-reactive ketones (excluding diaryl/α,β-unsaturated/α-hetero) is 1. The monoisotopic (exact) mass is 430 g/mol. The molecule has 9 atom stereocenters. The Labute approximate surface area is 183 Å². The average molecular weight is 431 g/mol. The van der Waals surface area contributed by atoms with Gasteiger partial charge in [0.15, 0.2) is 23.5 Å². The predicted molar refractivity (Wildman–Crippen MR) is 113 cm³/mol. The molecule has 5 aliphatic rings. The summed E-state index contributed by atoms with van der Waals surface area (Å²) in [6.07, 6.45) is 6.62. The molecule has 3 saturated carbocycles. The normalized spacial score (nSPS) is 50.5. The van der Waals surface area contributed by atoms with Gasteiger partial charge in [-0.15, -0.1) is 0 Å². The molecule has 4 fully saturated rings. The third-order valence-electron chi connectivity index (χ3n) is 9.36. The van der Waals surface area contributed by atoms with Crippen LogP contribution in [0, 0.1) is 34.5 Å². The molecule has 6 nitrogen and oxygen atoms in total. The molecular formula is C25H34O6. The van der Waals surface area contributed by atoms with Crippen LogP contribution in [0.25, 0.3) is 0 Å². The molecule has 0 aromatic carbocycles. The number of aliphatic hydroxyl groups excluding tert-OH is 2. The van der Waals surface area contributed by atoms with Crippen molar-refractivity contribution in [3.05, 3.63) is 23.8 Å². The van der Waals surface area contributed by atoms with Crippen LogP contribution in [0.4, 0.5) is 0 Å². The topological polar surface area (TPSA) is 93.1 Å². The second-order valence-corrected chi connectivity index (χ2v) is 11.1. The molecule has 0 aromatic heterocycles. The van der Waals surface area contributed by atoms with Crippen LogP contribution in [0.5, 0.6) is 0 Å². The molecule has 5 rings (SSSR count). The Bertz CT molecular complexity index is 875. The van der Waals surface area contributed by atoms with E-state index >= 15 is 0 Å². The Morgan fingerprint density at radius 1 is 1.32 bits per heavy atom. The van der Waals surface area contributed by atoms with E-state index in [-0.39, 0.29) is 40.7 Å². The molecule has 0 unspecified atom stereocenters. The fraction of sp³-hybridized carbons (Fsp3) is 0.760. The molecule has 31 heavy (non-hydrogen) atoms. The van der Waals surface area contributed by atoms with Crippen LogP contribution < -0.4 is 0 Å². The third kappa shape index (κ3) is 2.59. The number of carbonyl (C=O) groups excluding carboxylic acids is 2. The van der Waals surface area contributed by atoms with Gasteiger partial charge in [-0.3, -0.25) is 9.59 Å². The summed E-state index contributed by atoms with van der Waals surface area (Å²) in [6.45, 7) is 7.61. The lowest BCUT2D eigenvalue weighted by Gasteiger charge is -2.59. The van der Waals surface area contributed by atoms with Crippen molar-refractivity contribution in [2.45, 2.75) is 77.5 Å². The minimum Gasteiger partial charge on any atom is -0.393 e. The quantitative estimate of drug-likeness (QED) is 0.715. The number of hydrogen-bond donors (Lipinski definition) is 2. The van der Waals surface area contributed by atoms with E-state index in [4.69, 9.17) is 9.47 Å². The molecule has 0 amide bonds. The summed E-state index contributed by atoms with van der Waals surface area (Å²) in [7, 11) is 0. The molecule has 6 heteroatoms. The van der Waals surface area contributed by atoms with Crippen LogP contribution in [-0.4, -0.2) is 52.5 Å². The first-order chi connectivity index (χ1) is 14.6. The second-order valence-electron chi connectivity index (χ2n) is 11.1. The van der Waals surface area contributed by atoms with Crippen molar-refractivity contribution in [3.63, 3.8) is 0 Å². The summed E-state index contributed by atoms with van der Waals surface area (Å²) in [5, 5.41) is 21.4. The lowest BCUT2D eigenvalue weighted by molar-refractivity contribution is -0.205. The molecule has 0 aromatic rings. The largest absolute Gasteiger partial charge is 0.393 e. The minimum absolute atomic E-state index is 0.0177. The summed E-state index contributed by atoms with van der Waals surface area (Å²) in [5.74, 6) is 0.0818. The molecular weight excluding hydrogens is 396 g/mol. The Morgan fingerprint density at radius 3 is 2.74 bits per heavy atom. The number of hydrogen-bond acceptors (Lipinski definition) is 6. The van der Waals surface area contributed by atoms with Crippen molar-refractivity contribution in [2.75, 3.05) is 6.61 Å². The van der Waals surface area contributed by atoms with Gasteiger partial charge in [0.05, 0.1) is 12.2 Å². The van der Waals surface area contributed by atoms with Crippen molar-refractivity contribution in [1.29, 1.82) is 0 Å². The zero-order chi connectivity index (χ0) is 22.3. The van der Waals surface area contributed by atoms with E-state index in [1.54, 1.807) is 12.2 Å². The van der Waals surface area contributed by atoms with E-state index in [1.807, 2.05) is 19.9 Å². The molecule has 0 spiro atoms. The van der Waals surface area contributed by atoms with E-state index < -0.39 is 36.1 Å². The smallest absolute Gasteiger partial charge is 0.193 e. The molecule has 1 heterocycles. The summed E-state index contributed by atoms with van der Waals surface area (Å²) < 4.78 is 12.7. The summed E-state index contributed by atoms with van der Waals surface area (Å²) in [6, 6.07) is 0. The van der Waals surface area contributed by atoms with Gasteiger partial charge in [0.25, 0.3) is 0 Å². The molecule has 2 N–H and O–H groups in total. The fourth-order valence-electron chi connectivity index (χ4n) is 8.01. The second kappa shape index (κ2) is 6.83. The Hall–Kier alpha value is -1.34. The molecule has 170 valence electrons. The number of aliphatic hydroxyl groups is 2.